The van der Waals surface area contributed by atoms with E-state index >= 15 is 0 Å². The molecule has 1 rings (SSSR count). The molecule has 0 fully saturated rings. The number of carbonyl (C=O) groups is 1. The van der Waals surface area contributed by atoms with Crippen LogP contribution in [0.15, 0.2) is 6.07 Å². The molecule has 0 aromatic carbocycles. The van der Waals surface area contributed by atoms with Gasteiger partial charge in [-0.3, -0.25) is 4.79 Å². The molecule has 94 valence electrons. The third kappa shape index (κ3) is 3.61. The van der Waals surface area contributed by atoms with E-state index in [1.807, 2.05) is 0 Å². The summed E-state index contributed by atoms with van der Waals surface area (Å²) < 4.78 is 30.0. The van der Waals surface area contributed by atoms with Crippen molar-refractivity contribution in [2.75, 3.05) is 7.11 Å². The van der Waals surface area contributed by atoms with Crippen molar-refractivity contribution >= 4 is 33.5 Å². The summed E-state index contributed by atoms with van der Waals surface area (Å²) in [5.74, 6) is -0.602. The highest BCUT2D eigenvalue weighted by molar-refractivity contribution is 9.08. The zero-order valence-electron chi connectivity index (χ0n) is 8.84. The topological polar surface area (TPSA) is 39.2 Å². The van der Waals surface area contributed by atoms with Crippen molar-refractivity contribution in [2.45, 2.75) is 18.2 Å². The molecule has 0 aliphatic carbocycles. The lowest BCUT2D eigenvalue weighted by Gasteiger charge is -2.11. The van der Waals surface area contributed by atoms with Crippen molar-refractivity contribution in [2.24, 2.45) is 0 Å². The molecule has 0 amide bonds. The molecule has 7 heteroatoms. The zero-order valence-corrected chi connectivity index (χ0v) is 11.2. The van der Waals surface area contributed by atoms with Gasteiger partial charge in [0.25, 0.3) is 6.43 Å². The Bertz CT molecular complexity index is 429. The number of carbonyl (C=O) groups excluding carboxylic acids is 1. The van der Waals surface area contributed by atoms with E-state index in [1.54, 1.807) is 0 Å². The van der Waals surface area contributed by atoms with Gasteiger partial charge in [-0.05, 0) is 11.6 Å². The highest BCUT2D eigenvalue weighted by Crippen LogP contribution is 2.30. The third-order valence-electron chi connectivity index (χ3n) is 2.07. The summed E-state index contributed by atoms with van der Waals surface area (Å²) in [6.07, 6.45) is -3.03. The summed E-state index contributed by atoms with van der Waals surface area (Å²) >= 11 is 8.82. The molecule has 1 heterocycles. The fourth-order valence-electron chi connectivity index (χ4n) is 1.30. The van der Waals surface area contributed by atoms with Gasteiger partial charge in [-0.25, -0.2) is 13.8 Å². The van der Waals surface area contributed by atoms with Crippen molar-refractivity contribution in [1.29, 1.82) is 0 Å². The van der Waals surface area contributed by atoms with Gasteiger partial charge in [0, 0.05) is 5.33 Å². The number of methoxy groups -OCH3 is 1. The molecule has 0 aliphatic heterocycles. The normalized spacial score (nSPS) is 10.7. The number of alkyl halides is 3. The Morgan fingerprint density at radius 3 is 2.76 bits per heavy atom. The lowest BCUT2D eigenvalue weighted by Crippen LogP contribution is -2.09. The monoisotopic (exact) mass is 327 g/mol. The summed E-state index contributed by atoms with van der Waals surface area (Å²) in [5, 5.41) is 0.0839. The van der Waals surface area contributed by atoms with Gasteiger partial charge in [0.1, 0.15) is 5.15 Å². The Balaban J connectivity index is 3.22. The van der Waals surface area contributed by atoms with Gasteiger partial charge in [-0.1, -0.05) is 27.5 Å². The van der Waals surface area contributed by atoms with Crippen LogP contribution in [0.3, 0.4) is 0 Å². The van der Waals surface area contributed by atoms with Crippen molar-refractivity contribution < 1.29 is 18.3 Å². The Kier molecular flexibility index (Phi) is 5.27. The quantitative estimate of drug-likeness (QED) is 0.484. The Morgan fingerprint density at radius 2 is 2.29 bits per heavy atom. The molecule has 0 saturated heterocycles. The van der Waals surface area contributed by atoms with Crippen LogP contribution < -0.4 is 0 Å². The summed E-state index contributed by atoms with van der Waals surface area (Å²) in [6.45, 7) is 0. The maximum Gasteiger partial charge on any atom is 0.309 e. The SMILES string of the molecule is COC(=O)Cc1cc(CBr)nc(Cl)c1C(F)F. The van der Waals surface area contributed by atoms with Gasteiger partial charge < -0.3 is 4.74 Å². The second kappa shape index (κ2) is 6.26. The molecule has 1 aromatic heterocycles. The highest BCUT2D eigenvalue weighted by atomic mass is 79.9. The number of nitrogens with zero attached hydrogens (tertiary/aromatic N) is 1. The summed E-state index contributed by atoms with van der Waals surface area (Å²) in [5.41, 5.74) is 0.210. The van der Waals surface area contributed by atoms with E-state index in [4.69, 9.17) is 11.6 Å². The van der Waals surface area contributed by atoms with Gasteiger partial charge in [0.05, 0.1) is 24.8 Å². The van der Waals surface area contributed by atoms with Crippen molar-refractivity contribution in [3.05, 3.63) is 28.0 Å². The molecule has 0 bridgehead atoms. The van der Waals surface area contributed by atoms with Crippen LogP contribution in [0.1, 0.15) is 23.2 Å². The van der Waals surface area contributed by atoms with Crippen LogP contribution >= 0.6 is 27.5 Å². The van der Waals surface area contributed by atoms with E-state index in [-0.39, 0.29) is 17.1 Å². The van der Waals surface area contributed by atoms with Gasteiger partial charge in [0.2, 0.25) is 0 Å². The van der Waals surface area contributed by atoms with Crippen LogP contribution in [0.5, 0.6) is 0 Å². The predicted molar refractivity (Wildman–Crippen MR) is 62.6 cm³/mol. The number of ether oxygens (including phenoxy) is 1. The molecule has 0 spiro atoms. The highest BCUT2D eigenvalue weighted by Gasteiger charge is 2.21. The fourth-order valence-corrected chi connectivity index (χ4v) is 1.90. The Morgan fingerprint density at radius 1 is 1.65 bits per heavy atom. The second-order valence-electron chi connectivity index (χ2n) is 3.16. The van der Waals surface area contributed by atoms with Gasteiger partial charge >= 0.3 is 5.97 Å². The molecule has 0 aliphatic rings. The second-order valence-corrected chi connectivity index (χ2v) is 4.08. The number of pyridine rings is 1. The number of aromatic nitrogens is 1. The van der Waals surface area contributed by atoms with E-state index in [9.17, 15) is 13.6 Å². The molecule has 1 aromatic rings. The maximum atomic E-state index is 12.8. The first-order valence-electron chi connectivity index (χ1n) is 4.58. The van der Waals surface area contributed by atoms with Gasteiger partial charge in [0.15, 0.2) is 0 Å². The first-order chi connectivity index (χ1) is 7.99. The molecule has 17 heavy (non-hydrogen) atoms. The largest absolute Gasteiger partial charge is 0.469 e. The van der Waals surface area contributed by atoms with Crippen LogP contribution in [0.4, 0.5) is 8.78 Å². The van der Waals surface area contributed by atoms with Crippen molar-refractivity contribution in [1.82, 2.24) is 4.98 Å². The average molecular weight is 329 g/mol. The Labute approximate surface area is 110 Å². The van der Waals surface area contributed by atoms with E-state index in [2.05, 4.69) is 25.7 Å². The number of hydrogen-bond donors (Lipinski definition) is 0. The number of rotatable bonds is 4. The van der Waals surface area contributed by atoms with Crippen molar-refractivity contribution in [3.63, 3.8) is 0 Å². The molecule has 0 N–H and O–H groups in total. The van der Waals surface area contributed by atoms with Crippen molar-refractivity contribution in [3.8, 4) is 0 Å². The number of hydrogen-bond acceptors (Lipinski definition) is 3. The molecule has 3 nitrogen and oxygen atoms in total. The first-order valence-corrected chi connectivity index (χ1v) is 6.08. The third-order valence-corrected chi connectivity index (χ3v) is 2.93. The van der Waals surface area contributed by atoms with E-state index in [0.29, 0.717) is 11.0 Å². The fraction of sp³-hybridized carbons (Fsp3) is 0.400. The van der Waals surface area contributed by atoms with E-state index in [0.717, 1.165) is 0 Å². The average Bonchev–Trinajstić information content (AvgIpc) is 2.27. The lowest BCUT2D eigenvalue weighted by molar-refractivity contribution is -0.139. The zero-order chi connectivity index (χ0) is 13.0. The summed E-state index contributed by atoms with van der Waals surface area (Å²) in [6, 6.07) is 1.42. The smallest absolute Gasteiger partial charge is 0.309 e. The predicted octanol–water partition coefficient (Wildman–Crippen LogP) is 3.28. The van der Waals surface area contributed by atoms with Crippen LogP contribution in [-0.2, 0) is 21.3 Å². The van der Waals surface area contributed by atoms with E-state index in [1.165, 1.54) is 13.2 Å². The minimum absolute atomic E-state index is 0.140. The molecule has 0 unspecified atom stereocenters. The van der Waals surface area contributed by atoms with Crippen LogP contribution in [-0.4, -0.2) is 18.1 Å². The minimum Gasteiger partial charge on any atom is -0.469 e. The number of esters is 1. The molecular weight excluding hydrogens is 319 g/mol. The lowest BCUT2D eigenvalue weighted by atomic mass is 10.1. The summed E-state index contributed by atoms with van der Waals surface area (Å²) in [4.78, 5) is 14.9. The van der Waals surface area contributed by atoms with Gasteiger partial charge in [-0.15, -0.1) is 0 Å². The summed E-state index contributed by atoms with van der Waals surface area (Å²) in [7, 11) is 1.19. The molecular formula is C10H9BrClF2NO2. The van der Waals surface area contributed by atoms with Crippen LogP contribution in [0, 0.1) is 0 Å². The number of halogens is 4. The van der Waals surface area contributed by atoms with E-state index < -0.39 is 18.0 Å². The molecule has 0 atom stereocenters. The van der Waals surface area contributed by atoms with Gasteiger partial charge in [-0.2, -0.15) is 0 Å². The Hall–Kier alpha value is -0.750. The first kappa shape index (κ1) is 14.3. The molecule has 0 radical (unpaired) electrons. The van der Waals surface area contributed by atoms with Crippen LogP contribution in [0.2, 0.25) is 5.15 Å². The maximum absolute atomic E-state index is 12.8. The molecule has 0 saturated carbocycles. The standard InChI is InChI=1S/C10H9BrClF2NO2/c1-17-7(16)3-5-2-6(4-11)15-9(12)8(5)10(13)14/h2,10H,3-4H2,1H3. The van der Waals surface area contributed by atoms with Crippen LogP contribution in [0.25, 0.3) is 0 Å². The minimum atomic E-state index is -2.78.